The molecule has 2 amide bonds. The van der Waals surface area contributed by atoms with Crippen molar-refractivity contribution in [1.82, 2.24) is 25.7 Å². The van der Waals surface area contributed by atoms with Crippen molar-refractivity contribution in [3.63, 3.8) is 0 Å². The van der Waals surface area contributed by atoms with Gasteiger partial charge < -0.3 is 25.5 Å². The van der Waals surface area contributed by atoms with E-state index in [0.717, 1.165) is 38.2 Å². The number of halogens is 3. The van der Waals surface area contributed by atoms with Gasteiger partial charge in [0.1, 0.15) is 5.54 Å². The van der Waals surface area contributed by atoms with E-state index >= 15 is 0 Å². The minimum absolute atomic E-state index is 0.118. The molecule has 1 aromatic heterocycles. The van der Waals surface area contributed by atoms with Crippen molar-refractivity contribution in [3.05, 3.63) is 54.4 Å². The molecule has 2 aliphatic heterocycles. The van der Waals surface area contributed by atoms with Crippen molar-refractivity contribution in [3.8, 4) is 0 Å². The third kappa shape index (κ3) is 6.44. The highest BCUT2D eigenvalue weighted by molar-refractivity contribution is 5.93. The number of carboxylic acids is 1. The van der Waals surface area contributed by atoms with Gasteiger partial charge >= 0.3 is 12.1 Å². The summed E-state index contributed by atoms with van der Waals surface area (Å²) in [6.07, 6.45) is -2.00. The number of benzene rings is 1. The number of aromatic nitrogens is 2. The molecule has 13 heteroatoms. The number of hydrogen-bond acceptors (Lipinski definition) is 7. The monoisotopic (exact) mass is 494 g/mol. The number of alkyl halides is 3. The maximum Gasteiger partial charge on any atom is 0.490 e. The minimum Gasteiger partial charge on any atom is -0.475 e. The van der Waals surface area contributed by atoms with Crippen molar-refractivity contribution in [2.75, 3.05) is 37.7 Å². The van der Waals surface area contributed by atoms with Gasteiger partial charge in [0.2, 0.25) is 5.91 Å². The Bertz CT molecular complexity index is 1010. The lowest BCUT2D eigenvalue weighted by Crippen LogP contribution is -2.57. The average Bonchev–Trinajstić information content (AvgIpc) is 3.16. The minimum atomic E-state index is -5.08. The number of hydrogen-bond donors (Lipinski definition) is 3. The predicted molar refractivity (Wildman–Crippen MR) is 118 cm³/mol. The third-order valence-electron chi connectivity index (χ3n) is 5.85. The molecule has 0 aliphatic carbocycles. The second-order valence-electron chi connectivity index (χ2n) is 7.97. The summed E-state index contributed by atoms with van der Waals surface area (Å²) < 4.78 is 31.7. The summed E-state index contributed by atoms with van der Waals surface area (Å²) in [6, 6.07) is 13.4. The second-order valence-corrected chi connectivity index (χ2v) is 7.97. The number of piperidine rings is 1. The van der Waals surface area contributed by atoms with Crippen LogP contribution in [0, 0.1) is 0 Å². The van der Waals surface area contributed by atoms with Gasteiger partial charge in [-0.15, -0.1) is 5.10 Å². The van der Waals surface area contributed by atoms with Crippen LogP contribution in [0.2, 0.25) is 0 Å². The van der Waals surface area contributed by atoms with E-state index in [9.17, 15) is 22.8 Å². The Morgan fingerprint density at radius 1 is 1.11 bits per heavy atom. The van der Waals surface area contributed by atoms with E-state index in [4.69, 9.17) is 9.90 Å². The van der Waals surface area contributed by atoms with E-state index in [1.165, 1.54) is 6.20 Å². The topological polar surface area (TPSA) is 128 Å². The van der Waals surface area contributed by atoms with Crippen molar-refractivity contribution >= 4 is 23.5 Å². The van der Waals surface area contributed by atoms with Crippen LogP contribution in [0.3, 0.4) is 0 Å². The number of carbonyl (C=O) groups is 3. The van der Waals surface area contributed by atoms with Crippen molar-refractivity contribution in [1.29, 1.82) is 0 Å². The molecule has 2 fully saturated rings. The molecule has 10 nitrogen and oxygen atoms in total. The van der Waals surface area contributed by atoms with Crippen molar-refractivity contribution in [2.24, 2.45) is 0 Å². The Morgan fingerprint density at radius 2 is 1.77 bits per heavy atom. The maximum absolute atomic E-state index is 12.7. The summed E-state index contributed by atoms with van der Waals surface area (Å²) in [6.45, 7) is 3.47. The van der Waals surface area contributed by atoms with E-state index in [-0.39, 0.29) is 11.8 Å². The normalized spacial score (nSPS) is 17.3. The molecule has 3 heterocycles. The average molecular weight is 494 g/mol. The Labute approximate surface area is 199 Å². The molecule has 0 saturated carbocycles. The van der Waals surface area contributed by atoms with Crippen LogP contribution in [-0.4, -0.2) is 82.6 Å². The maximum atomic E-state index is 12.7. The fourth-order valence-corrected chi connectivity index (χ4v) is 4.02. The number of nitrogens with one attached hydrogen (secondary N) is 2. The van der Waals surface area contributed by atoms with Crippen LogP contribution < -0.4 is 15.5 Å². The number of carboxylic acid groups (broad SMARTS) is 1. The van der Waals surface area contributed by atoms with Gasteiger partial charge in [-0.1, -0.05) is 18.2 Å². The van der Waals surface area contributed by atoms with E-state index in [0.29, 0.717) is 18.9 Å². The molecule has 3 N–H and O–H groups in total. The smallest absolute Gasteiger partial charge is 0.475 e. The molecule has 2 aromatic rings. The largest absolute Gasteiger partial charge is 0.490 e. The lowest BCUT2D eigenvalue weighted by Gasteiger charge is -2.43. The molecule has 0 atom stereocenters. The lowest BCUT2D eigenvalue weighted by molar-refractivity contribution is -0.192. The van der Waals surface area contributed by atoms with Gasteiger partial charge in [0.15, 0.2) is 5.69 Å². The van der Waals surface area contributed by atoms with Crippen LogP contribution in [0.25, 0.3) is 0 Å². The third-order valence-corrected chi connectivity index (χ3v) is 5.85. The lowest BCUT2D eigenvalue weighted by atomic mass is 9.85. The molecule has 2 aliphatic rings. The highest BCUT2D eigenvalue weighted by Crippen LogP contribution is 2.35. The number of likely N-dealkylation sites (tertiary alicyclic amines) is 1. The Hall–Kier alpha value is -3.74. The zero-order valence-electron chi connectivity index (χ0n) is 18.7. The standard InChI is InChI=1S/C20H24N6O2.C2HF3O2/c27-18(17-7-4-10-23-24-17)21-11-14-25-12-8-20(9-13-25)19(28)22-15-26(20)16-5-2-1-3-6-16;3-2(4,5)1(6)7/h1-7,10H,8-9,11-15H2,(H,21,27)(H,22,28);(H,6,7). The molecular formula is C22H25F3N6O4. The van der Waals surface area contributed by atoms with Gasteiger partial charge in [-0.25, -0.2) is 4.79 Å². The van der Waals surface area contributed by atoms with Gasteiger partial charge in [0.05, 0.1) is 6.67 Å². The Morgan fingerprint density at radius 3 is 2.34 bits per heavy atom. The zero-order valence-corrected chi connectivity index (χ0v) is 18.7. The first-order chi connectivity index (χ1) is 16.6. The molecule has 0 radical (unpaired) electrons. The highest BCUT2D eigenvalue weighted by Gasteiger charge is 2.50. The summed E-state index contributed by atoms with van der Waals surface area (Å²) in [5, 5.41) is 20.6. The highest BCUT2D eigenvalue weighted by atomic mass is 19.4. The van der Waals surface area contributed by atoms with Crippen molar-refractivity contribution < 1.29 is 32.7 Å². The Kier molecular flexibility index (Phi) is 8.22. The van der Waals surface area contributed by atoms with Crippen LogP contribution in [0.1, 0.15) is 23.3 Å². The van der Waals surface area contributed by atoms with Crippen LogP contribution in [0.4, 0.5) is 18.9 Å². The number of rotatable bonds is 5. The van der Waals surface area contributed by atoms with Gasteiger partial charge in [-0.05, 0) is 37.1 Å². The number of para-hydroxylation sites is 1. The van der Waals surface area contributed by atoms with Crippen LogP contribution >= 0.6 is 0 Å². The molecule has 0 bridgehead atoms. The summed E-state index contributed by atoms with van der Waals surface area (Å²) in [7, 11) is 0. The molecular weight excluding hydrogens is 469 g/mol. The van der Waals surface area contributed by atoms with Crippen LogP contribution in [0.15, 0.2) is 48.7 Å². The quantitative estimate of drug-likeness (QED) is 0.567. The summed E-state index contributed by atoms with van der Waals surface area (Å²) in [4.78, 5) is 38.1. The molecule has 2 saturated heterocycles. The van der Waals surface area contributed by atoms with Gasteiger partial charge in [-0.3, -0.25) is 9.59 Å². The fourth-order valence-electron chi connectivity index (χ4n) is 4.02. The number of anilines is 1. The van der Waals surface area contributed by atoms with Crippen molar-refractivity contribution in [2.45, 2.75) is 24.6 Å². The van der Waals surface area contributed by atoms with Gasteiger partial charge in [0, 0.05) is 38.1 Å². The predicted octanol–water partition coefficient (Wildman–Crippen LogP) is 1.27. The molecule has 1 aromatic carbocycles. The van der Waals surface area contributed by atoms with Gasteiger partial charge in [-0.2, -0.15) is 18.3 Å². The second kappa shape index (κ2) is 11.1. The molecule has 35 heavy (non-hydrogen) atoms. The SMILES string of the molecule is O=C(NCCN1CCC2(CC1)C(=O)NCN2c1ccccc1)c1cccnn1.O=C(O)C(F)(F)F. The first kappa shape index (κ1) is 25.9. The van der Waals surface area contributed by atoms with E-state index in [2.05, 4.69) is 42.8 Å². The number of nitrogens with zero attached hydrogens (tertiary/aromatic N) is 4. The number of carbonyl (C=O) groups excluding carboxylic acids is 2. The first-order valence-corrected chi connectivity index (χ1v) is 10.8. The van der Waals surface area contributed by atoms with Crippen LogP contribution in [-0.2, 0) is 9.59 Å². The van der Waals surface area contributed by atoms with Crippen LogP contribution in [0.5, 0.6) is 0 Å². The van der Waals surface area contributed by atoms with E-state index in [1.807, 2.05) is 18.2 Å². The summed E-state index contributed by atoms with van der Waals surface area (Å²) >= 11 is 0. The molecule has 4 rings (SSSR count). The Balaban J connectivity index is 0.000000429. The fraction of sp³-hybridized carbons (Fsp3) is 0.409. The van der Waals surface area contributed by atoms with E-state index < -0.39 is 17.7 Å². The number of amides is 2. The zero-order chi connectivity index (χ0) is 25.5. The summed E-state index contributed by atoms with van der Waals surface area (Å²) in [5.74, 6) is -2.86. The molecule has 188 valence electrons. The number of aliphatic carboxylic acids is 1. The van der Waals surface area contributed by atoms with Gasteiger partial charge in [0.25, 0.3) is 5.91 Å². The molecule has 1 spiro atoms. The first-order valence-electron chi connectivity index (χ1n) is 10.8. The summed E-state index contributed by atoms with van der Waals surface area (Å²) in [5.41, 5.74) is 0.924. The van der Waals surface area contributed by atoms with E-state index in [1.54, 1.807) is 12.1 Å². The molecule has 0 unspecified atom stereocenters.